The predicted octanol–water partition coefficient (Wildman–Crippen LogP) is 3.80. The van der Waals surface area contributed by atoms with Crippen LogP contribution in [0.4, 0.5) is 5.69 Å². The fourth-order valence-electron chi connectivity index (χ4n) is 1.71. The van der Waals surface area contributed by atoms with Gasteiger partial charge in [0.2, 0.25) is 5.82 Å². The van der Waals surface area contributed by atoms with Gasteiger partial charge in [0.25, 0.3) is 5.89 Å². The highest BCUT2D eigenvalue weighted by Crippen LogP contribution is 2.29. The second kappa shape index (κ2) is 5.22. The van der Waals surface area contributed by atoms with E-state index in [1.54, 1.807) is 30.6 Å². The SMILES string of the molecule is Nc1cc(Cl)ccc1-c1nc(-c2cncc(Br)c2)no1. The lowest BCUT2D eigenvalue weighted by Crippen LogP contribution is -1.90. The first-order valence-electron chi connectivity index (χ1n) is 5.63. The number of nitrogens with zero attached hydrogens (tertiary/aromatic N) is 3. The molecule has 2 aromatic heterocycles. The Balaban J connectivity index is 2.02. The van der Waals surface area contributed by atoms with Crippen LogP contribution in [-0.2, 0) is 0 Å². The Labute approximate surface area is 127 Å². The van der Waals surface area contributed by atoms with Crippen LogP contribution in [0.3, 0.4) is 0 Å². The highest BCUT2D eigenvalue weighted by molar-refractivity contribution is 9.10. The van der Waals surface area contributed by atoms with Crippen LogP contribution in [0.5, 0.6) is 0 Å². The molecule has 0 aliphatic carbocycles. The molecule has 5 nitrogen and oxygen atoms in total. The second-order valence-corrected chi connectivity index (χ2v) is 5.40. The van der Waals surface area contributed by atoms with Crippen molar-refractivity contribution in [2.75, 3.05) is 5.73 Å². The molecule has 2 N–H and O–H groups in total. The van der Waals surface area contributed by atoms with Gasteiger partial charge in [0.05, 0.1) is 5.56 Å². The van der Waals surface area contributed by atoms with Gasteiger partial charge in [-0.3, -0.25) is 4.98 Å². The minimum atomic E-state index is 0.342. The van der Waals surface area contributed by atoms with Crippen molar-refractivity contribution in [2.24, 2.45) is 0 Å². The number of hydrogen-bond donors (Lipinski definition) is 1. The Bertz CT molecular complexity index is 775. The molecule has 0 radical (unpaired) electrons. The molecule has 0 aliphatic rings. The quantitative estimate of drug-likeness (QED) is 0.711. The molecule has 0 spiro atoms. The van der Waals surface area contributed by atoms with Crippen LogP contribution in [-0.4, -0.2) is 15.1 Å². The van der Waals surface area contributed by atoms with Crippen LogP contribution in [0.2, 0.25) is 5.02 Å². The zero-order chi connectivity index (χ0) is 14.1. The van der Waals surface area contributed by atoms with E-state index in [4.69, 9.17) is 21.9 Å². The standard InChI is InChI=1S/C13H8BrClN4O/c14-8-3-7(5-17-6-8)12-18-13(20-19-12)10-2-1-9(15)4-11(10)16/h1-6H,16H2. The number of halogens is 2. The predicted molar refractivity (Wildman–Crippen MR) is 80.1 cm³/mol. The third-order valence-corrected chi connectivity index (χ3v) is 3.30. The number of anilines is 1. The Kier molecular flexibility index (Phi) is 3.42. The zero-order valence-electron chi connectivity index (χ0n) is 10.0. The van der Waals surface area contributed by atoms with Crippen LogP contribution in [0.1, 0.15) is 0 Å². The lowest BCUT2D eigenvalue weighted by Gasteiger charge is -2.00. The summed E-state index contributed by atoms with van der Waals surface area (Å²) < 4.78 is 6.08. The Morgan fingerprint density at radius 3 is 2.80 bits per heavy atom. The molecule has 0 fully saturated rings. The fourth-order valence-corrected chi connectivity index (χ4v) is 2.26. The highest BCUT2D eigenvalue weighted by atomic mass is 79.9. The third-order valence-electron chi connectivity index (χ3n) is 2.63. The smallest absolute Gasteiger partial charge is 0.260 e. The van der Waals surface area contributed by atoms with Gasteiger partial charge in [-0.25, -0.2) is 0 Å². The molecular weight excluding hydrogens is 344 g/mol. The van der Waals surface area contributed by atoms with E-state index in [0.29, 0.717) is 28.0 Å². The van der Waals surface area contributed by atoms with Crippen LogP contribution in [0.15, 0.2) is 45.7 Å². The fraction of sp³-hybridized carbons (Fsp3) is 0. The van der Waals surface area contributed by atoms with Crippen molar-refractivity contribution >= 4 is 33.2 Å². The van der Waals surface area contributed by atoms with Crippen molar-refractivity contribution in [1.82, 2.24) is 15.1 Å². The van der Waals surface area contributed by atoms with Gasteiger partial charge >= 0.3 is 0 Å². The van der Waals surface area contributed by atoms with Crippen molar-refractivity contribution in [2.45, 2.75) is 0 Å². The summed E-state index contributed by atoms with van der Waals surface area (Å²) in [5, 5.41) is 4.49. The van der Waals surface area contributed by atoms with Crippen LogP contribution < -0.4 is 5.73 Å². The average molecular weight is 352 g/mol. The molecule has 0 amide bonds. The molecule has 0 aliphatic heterocycles. The Morgan fingerprint density at radius 2 is 2.05 bits per heavy atom. The van der Waals surface area contributed by atoms with E-state index in [1.165, 1.54) is 0 Å². The maximum Gasteiger partial charge on any atom is 0.260 e. The van der Waals surface area contributed by atoms with Gasteiger partial charge in [0, 0.05) is 33.1 Å². The molecule has 2 heterocycles. The van der Waals surface area contributed by atoms with Crippen molar-refractivity contribution in [1.29, 1.82) is 0 Å². The summed E-state index contributed by atoms with van der Waals surface area (Å²) in [6.07, 6.45) is 3.34. The van der Waals surface area contributed by atoms with Crippen molar-refractivity contribution < 1.29 is 4.52 Å². The first-order chi connectivity index (χ1) is 9.63. The first-order valence-corrected chi connectivity index (χ1v) is 6.80. The zero-order valence-corrected chi connectivity index (χ0v) is 12.4. The molecular formula is C13H8BrClN4O. The van der Waals surface area contributed by atoms with Gasteiger partial charge < -0.3 is 10.3 Å². The highest BCUT2D eigenvalue weighted by Gasteiger charge is 2.13. The molecule has 0 bridgehead atoms. The molecule has 7 heteroatoms. The number of pyridine rings is 1. The van der Waals surface area contributed by atoms with Gasteiger partial charge in [0.15, 0.2) is 0 Å². The monoisotopic (exact) mass is 350 g/mol. The summed E-state index contributed by atoms with van der Waals surface area (Å²) in [7, 11) is 0. The lowest BCUT2D eigenvalue weighted by molar-refractivity contribution is 0.432. The largest absolute Gasteiger partial charge is 0.398 e. The molecule has 1 aromatic carbocycles. The number of aromatic nitrogens is 3. The van der Waals surface area contributed by atoms with E-state index in [9.17, 15) is 0 Å². The summed E-state index contributed by atoms with van der Waals surface area (Å²) in [4.78, 5) is 8.38. The minimum Gasteiger partial charge on any atom is -0.398 e. The van der Waals surface area contributed by atoms with Crippen molar-refractivity contribution in [3.63, 3.8) is 0 Å². The van der Waals surface area contributed by atoms with Crippen LogP contribution in [0.25, 0.3) is 22.8 Å². The van der Waals surface area contributed by atoms with Crippen molar-refractivity contribution in [3.05, 3.63) is 46.2 Å². The number of benzene rings is 1. The van der Waals surface area contributed by atoms with E-state index < -0.39 is 0 Å². The number of rotatable bonds is 2. The normalized spacial score (nSPS) is 10.7. The van der Waals surface area contributed by atoms with E-state index in [1.807, 2.05) is 6.07 Å². The molecule has 0 saturated carbocycles. The first kappa shape index (κ1) is 13.1. The van der Waals surface area contributed by atoms with E-state index in [2.05, 4.69) is 31.1 Å². The molecule has 100 valence electrons. The number of nitrogens with two attached hydrogens (primary N) is 1. The van der Waals surface area contributed by atoms with Gasteiger partial charge in [-0.1, -0.05) is 16.8 Å². The minimum absolute atomic E-state index is 0.342. The summed E-state index contributed by atoms with van der Waals surface area (Å²) in [6, 6.07) is 6.96. The summed E-state index contributed by atoms with van der Waals surface area (Å²) >= 11 is 9.21. The number of nitrogen functional groups attached to an aromatic ring is 1. The van der Waals surface area contributed by atoms with Crippen LogP contribution >= 0.6 is 27.5 Å². The molecule has 3 rings (SSSR count). The molecule has 0 unspecified atom stereocenters. The summed E-state index contributed by atoms with van der Waals surface area (Å²) in [5.41, 5.74) is 7.78. The second-order valence-electron chi connectivity index (χ2n) is 4.05. The van der Waals surface area contributed by atoms with Crippen LogP contribution in [0, 0.1) is 0 Å². The van der Waals surface area contributed by atoms with Gasteiger partial charge in [-0.2, -0.15) is 4.98 Å². The molecule has 3 aromatic rings. The molecule has 20 heavy (non-hydrogen) atoms. The Morgan fingerprint density at radius 1 is 1.20 bits per heavy atom. The molecule has 0 atom stereocenters. The van der Waals surface area contributed by atoms with Gasteiger partial charge in [0.1, 0.15) is 0 Å². The average Bonchev–Trinajstić information content (AvgIpc) is 2.88. The maximum absolute atomic E-state index is 5.89. The Hall–Kier alpha value is -1.92. The summed E-state index contributed by atoms with van der Waals surface area (Å²) in [6.45, 7) is 0. The maximum atomic E-state index is 5.89. The van der Waals surface area contributed by atoms with Gasteiger partial charge in [-0.05, 0) is 40.2 Å². The number of hydrogen-bond acceptors (Lipinski definition) is 5. The lowest BCUT2D eigenvalue weighted by atomic mass is 10.2. The van der Waals surface area contributed by atoms with E-state index in [-0.39, 0.29) is 0 Å². The third kappa shape index (κ3) is 2.52. The van der Waals surface area contributed by atoms with E-state index in [0.717, 1.165) is 10.0 Å². The topological polar surface area (TPSA) is 77.8 Å². The van der Waals surface area contributed by atoms with Gasteiger partial charge in [-0.15, -0.1) is 0 Å². The van der Waals surface area contributed by atoms with E-state index >= 15 is 0 Å². The van der Waals surface area contributed by atoms with Crippen molar-refractivity contribution in [3.8, 4) is 22.8 Å². The summed E-state index contributed by atoms with van der Waals surface area (Å²) in [5.74, 6) is 0.789. The molecule has 0 saturated heterocycles.